The molecule has 1 aromatic heterocycles. The van der Waals surface area contributed by atoms with Crippen molar-refractivity contribution in [3.63, 3.8) is 0 Å². The summed E-state index contributed by atoms with van der Waals surface area (Å²) in [5.74, 6) is 4.85. The molecule has 1 unspecified atom stereocenters. The molecule has 0 bridgehead atoms. The highest BCUT2D eigenvalue weighted by Crippen LogP contribution is 2.29. The zero-order chi connectivity index (χ0) is 13.8. The van der Waals surface area contributed by atoms with Crippen LogP contribution in [0, 0.1) is 0 Å². The third kappa shape index (κ3) is 4.22. The van der Waals surface area contributed by atoms with Gasteiger partial charge in [-0.05, 0) is 6.26 Å². The highest BCUT2D eigenvalue weighted by molar-refractivity contribution is 7.99. The first-order valence-corrected chi connectivity index (χ1v) is 6.35. The predicted molar refractivity (Wildman–Crippen MR) is 66.3 cm³/mol. The van der Waals surface area contributed by atoms with Gasteiger partial charge >= 0.3 is 6.18 Å². The van der Waals surface area contributed by atoms with E-state index < -0.39 is 11.9 Å². The molecule has 1 rings (SSSR count). The van der Waals surface area contributed by atoms with Crippen LogP contribution in [-0.2, 0) is 6.18 Å². The van der Waals surface area contributed by atoms with Crippen molar-refractivity contribution >= 4 is 23.5 Å². The standard InChI is InChI=1S/C9H14F3N5S/c1-5(18-2)4-14-7-3-6(9(10,11)12)15-8(16-7)17-13/h3,5H,4,13H2,1-2H3,(H2,14,15,16,17). The van der Waals surface area contributed by atoms with Gasteiger partial charge in [0.25, 0.3) is 0 Å². The molecule has 0 aromatic carbocycles. The van der Waals surface area contributed by atoms with Crippen molar-refractivity contribution in [3.8, 4) is 0 Å². The molecule has 1 heterocycles. The molecule has 0 saturated heterocycles. The number of anilines is 2. The van der Waals surface area contributed by atoms with E-state index in [-0.39, 0.29) is 17.0 Å². The van der Waals surface area contributed by atoms with E-state index in [1.165, 1.54) is 0 Å². The second-order valence-corrected chi connectivity index (χ2v) is 4.81. The largest absolute Gasteiger partial charge is 0.433 e. The molecule has 0 amide bonds. The van der Waals surface area contributed by atoms with Gasteiger partial charge in [-0.2, -0.15) is 29.9 Å². The van der Waals surface area contributed by atoms with Gasteiger partial charge < -0.3 is 5.32 Å². The molecule has 0 spiro atoms. The summed E-state index contributed by atoms with van der Waals surface area (Å²) in [6.45, 7) is 2.45. The summed E-state index contributed by atoms with van der Waals surface area (Å²) in [7, 11) is 0. The first kappa shape index (κ1) is 14.8. The number of hydrogen-bond acceptors (Lipinski definition) is 6. The molecule has 5 nitrogen and oxygen atoms in total. The number of thioether (sulfide) groups is 1. The average Bonchev–Trinajstić information content (AvgIpc) is 2.34. The molecule has 0 aliphatic carbocycles. The van der Waals surface area contributed by atoms with Gasteiger partial charge in [-0.25, -0.2) is 10.8 Å². The Balaban J connectivity index is 2.91. The van der Waals surface area contributed by atoms with Crippen LogP contribution < -0.4 is 16.6 Å². The molecule has 1 aromatic rings. The van der Waals surface area contributed by atoms with Crippen LogP contribution in [0.1, 0.15) is 12.6 Å². The Kier molecular flexibility index (Phi) is 5.03. The van der Waals surface area contributed by atoms with Crippen LogP contribution in [-0.4, -0.2) is 28.0 Å². The molecule has 0 aliphatic rings. The fourth-order valence-electron chi connectivity index (χ4n) is 1.08. The molecule has 102 valence electrons. The number of nitrogens with one attached hydrogen (secondary N) is 2. The lowest BCUT2D eigenvalue weighted by Gasteiger charge is -2.13. The number of nitrogens with zero attached hydrogens (tertiary/aromatic N) is 2. The SMILES string of the molecule is CSC(C)CNc1cc(C(F)(F)F)nc(NN)n1. The van der Waals surface area contributed by atoms with Gasteiger partial charge in [0.1, 0.15) is 5.82 Å². The lowest BCUT2D eigenvalue weighted by molar-refractivity contribution is -0.141. The van der Waals surface area contributed by atoms with Crippen LogP contribution in [0.25, 0.3) is 0 Å². The van der Waals surface area contributed by atoms with E-state index in [1.54, 1.807) is 11.8 Å². The van der Waals surface area contributed by atoms with Crippen LogP contribution in [0.5, 0.6) is 0 Å². The second kappa shape index (κ2) is 6.10. The summed E-state index contributed by atoms with van der Waals surface area (Å²) in [6, 6.07) is 0.855. The molecular weight excluding hydrogens is 267 g/mol. The van der Waals surface area contributed by atoms with E-state index in [1.807, 2.05) is 18.6 Å². The van der Waals surface area contributed by atoms with Crippen LogP contribution in [0.3, 0.4) is 0 Å². The van der Waals surface area contributed by atoms with Gasteiger partial charge in [-0.15, -0.1) is 0 Å². The first-order valence-electron chi connectivity index (χ1n) is 5.06. The predicted octanol–water partition coefficient (Wildman–Crippen LogP) is 1.94. The third-order valence-corrected chi connectivity index (χ3v) is 3.09. The quantitative estimate of drug-likeness (QED) is 0.566. The van der Waals surface area contributed by atoms with E-state index >= 15 is 0 Å². The maximum absolute atomic E-state index is 12.6. The Hall–Kier alpha value is -1.22. The number of hydrazine groups is 1. The number of hydrogen-bond donors (Lipinski definition) is 3. The Labute approximate surface area is 107 Å². The average molecular weight is 281 g/mol. The molecule has 0 aliphatic heterocycles. The fourth-order valence-corrected chi connectivity index (χ4v) is 1.33. The van der Waals surface area contributed by atoms with Crippen molar-refractivity contribution < 1.29 is 13.2 Å². The van der Waals surface area contributed by atoms with Crippen LogP contribution in [0.4, 0.5) is 24.9 Å². The number of halogens is 3. The van der Waals surface area contributed by atoms with Crippen LogP contribution in [0.2, 0.25) is 0 Å². The number of nitrogen functional groups attached to an aromatic ring is 1. The van der Waals surface area contributed by atoms with Crippen molar-refractivity contribution in [2.45, 2.75) is 18.3 Å². The highest BCUT2D eigenvalue weighted by Gasteiger charge is 2.33. The zero-order valence-electron chi connectivity index (χ0n) is 9.88. The minimum atomic E-state index is -4.53. The first-order chi connectivity index (χ1) is 8.36. The van der Waals surface area contributed by atoms with Crippen LogP contribution in [0.15, 0.2) is 6.07 Å². The van der Waals surface area contributed by atoms with Gasteiger partial charge in [0.2, 0.25) is 5.95 Å². The van der Waals surface area contributed by atoms with Crippen molar-refractivity contribution in [1.29, 1.82) is 0 Å². The molecule has 0 radical (unpaired) electrons. The van der Waals surface area contributed by atoms with Crippen molar-refractivity contribution in [2.24, 2.45) is 5.84 Å². The van der Waals surface area contributed by atoms with E-state index in [0.29, 0.717) is 6.54 Å². The van der Waals surface area contributed by atoms with Crippen molar-refractivity contribution in [2.75, 3.05) is 23.5 Å². The Morgan fingerprint density at radius 1 is 1.44 bits per heavy atom. The summed E-state index contributed by atoms with van der Waals surface area (Å²) < 4.78 is 37.7. The maximum Gasteiger partial charge on any atom is 0.433 e. The third-order valence-electron chi connectivity index (χ3n) is 2.12. The van der Waals surface area contributed by atoms with Gasteiger partial charge in [0, 0.05) is 17.9 Å². The highest BCUT2D eigenvalue weighted by atomic mass is 32.2. The van der Waals surface area contributed by atoms with Gasteiger partial charge in [-0.3, -0.25) is 5.43 Å². The van der Waals surface area contributed by atoms with Crippen LogP contribution >= 0.6 is 11.8 Å². The molecule has 0 fully saturated rings. The minimum absolute atomic E-state index is 0.0891. The Morgan fingerprint density at radius 3 is 2.61 bits per heavy atom. The van der Waals surface area contributed by atoms with Crippen molar-refractivity contribution in [3.05, 3.63) is 11.8 Å². The minimum Gasteiger partial charge on any atom is -0.369 e. The summed E-state index contributed by atoms with van der Waals surface area (Å²) in [6.07, 6.45) is -2.61. The Morgan fingerprint density at radius 2 is 2.11 bits per heavy atom. The van der Waals surface area contributed by atoms with Gasteiger partial charge in [0.05, 0.1) is 0 Å². The molecule has 1 atom stereocenters. The number of rotatable bonds is 5. The normalized spacial score (nSPS) is 13.2. The smallest absolute Gasteiger partial charge is 0.369 e. The maximum atomic E-state index is 12.6. The van der Waals surface area contributed by atoms with E-state index in [4.69, 9.17) is 5.84 Å². The molecular formula is C9H14F3N5S. The summed E-state index contributed by atoms with van der Waals surface area (Å²) in [5, 5.41) is 3.07. The summed E-state index contributed by atoms with van der Waals surface area (Å²) >= 11 is 1.60. The van der Waals surface area contributed by atoms with E-state index in [2.05, 4.69) is 15.3 Å². The van der Waals surface area contributed by atoms with Gasteiger partial charge in [-0.1, -0.05) is 6.92 Å². The summed E-state index contributed by atoms with van der Waals surface area (Å²) in [5.41, 5.74) is 0.977. The molecule has 0 saturated carbocycles. The number of alkyl halides is 3. The molecule has 18 heavy (non-hydrogen) atoms. The number of aromatic nitrogens is 2. The Bertz CT molecular complexity index is 398. The monoisotopic (exact) mass is 281 g/mol. The fraction of sp³-hybridized carbons (Fsp3) is 0.556. The lowest BCUT2D eigenvalue weighted by Crippen LogP contribution is -2.19. The summed E-state index contributed by atoms with van der Waals surface area (Å²) in [4.78, 5) is 7.06. The van der Waals surface area contributed by atoms with Gasteiger partial charge in [0.15, 0.2) is 5.69 Å². The molecule has 9 heteroatoms. The lowest BCUT2D eigenvalue weighted by atomic mass is 10.3. The second-order valence-electron chi connectivity index (χ2n) is 3.53. The topological polar surface area (TPSA) is 75.9 Å². The van der Waals surface area contributed by atoms with E-state index in [9.17, 15) is 13.2 Å². The van der Waals surface area contributed by atoms with Crippen molar-refractivity contribution in [1.82, 2.24) is 9.97 Å². The molecule has 4 N–H and O–H groups in total. The zero-order valence-corrected chi connectivity index (χ0v) is 10.7. The van der Waals surface area contributed by atoms with E-state index in [0.717, 1.165) is 6.07 Å². The number of nitrogens with two attached hydrogens (primary N) is 1.